The van der Waals surface area contributed by atoms with E-state index in [0.717, 1.165) is 31.6 Å². The number of hydrogen-bond acceptors (Lipinski definition) is 2. The summed E-state index contributed by atoms with van der Waals surface area (Å²) in [6, 6.07) is 5.81. The van der Waals surface area contributed by atoms with Crippen LogP contribution in [0.25, 0.3) is 0 Å². The summed E-state index contributed by atoms with van der Waals surface area (Å²) in [6.07, 6.45) is 2.46. The number of hydrogen-bond donors (Lipinski definition) is 1. The second-order valence-electron chi connectivity index (χ2n) is 4.87. The van der Waals surface area contributed by atoms with Crippen molar-refractivity contribution in [1.82, 2.24) is 5.32 Å². The van der Waals surface area contributed by atoms with Crippen LogP contribution in [0.15, 0.2) is 18.2 Å². The first-order valence-electron chi connectivity index (χ1n) is 6.25. The van der Waals surface area contributed by atoms with Crippen molar-refractivity contribution >= 4 is 0 Å². The molecule has 2 unspecified atom stereocenters. The fourth-order valence-corrected chi connectivity index (χ4v) is 2.26. The van der Waals surface area contributed by atoms with Crippen LogP contribution in [0.5, 0.6) is 0 Å². The summed E-state index contributed by atoms with van der Waals surface area (Å²) in [5.41, 5.74) is 1.85. The van der Waals surface area contributed by atoms with Crippen LogP contribution < -0.4 is 5.32 Å². The van der Waals surface area contributed by atoms with Crippen LogP contribution in [-0.4, -0.2) is 18.8 Å². The van der Waals surface area contributed by atoms with Crippen molar-refractivity contribution in [1.29, 1.82) is 0 Å². The summed E-state index contributed by atoms with van der Waals surface area (Å²) < 4.78 is 18.6. The zero-order chi connectivity index (χ0) is 12.3. The van der Waals surface area contributed by atoms with E-state index in [4.69, 9.17) is 4.74 Å². The Bertz CT molecular complexity index is 380. The number of aryl methyl sites for hydroxylation is 1. The Kier molecular flexibility index (Phi) is 4.13. The van der Waals surface area contributed by atoms with Gasteiger partial charge < -0.3 is 10.1 Å². The lowest BCUT2D eigenvalue weighted by molar-refractivity contribution is 0.0130. The molecule has 0 saturated carbocycles. The summed E-state index contributed by atoms with van der Waals surface area (Å²) in [5, 5.41) is 3.51. The van der Waals surface area contributed by atoms with E-state index < -0.39 is 0 Å². The lowest BCUT2D eigenvalue weighted by Crippen LogP contribution is -2.37. The van der Waals surface area contributed by atoms with Crippen molar-refractivity contribution in [2.45, 2.75) is 45.4 Å². The monoisotopic (exact) mass is 237 g/mol. The molecule has 0 aliphatic carbocycles. The first kappa shape index (κ1) is 12.5. The lowest BCUT2D eigenvalue weighted by Gasteiger charge is -2.28. The number of rotatable bonds is 3. The van der Waals surface area contributed by atoms with Crippen molar-refractivity contribution in [2.24, 2.45) is 0 Å². The molecule has 94 valence electrons. The normalized spacial score (nSPS) is 24.9. The molecular weight excluding hydrogens is 217 g/mol. The average molecular weight is 237 g/mol. The van der Waals surface area contributed by atoms with E-state index in [1.54, 1.807) is 13.0 Å². The van der Waals surface area contributed by atoms with E-state index in [1.165, 1.54) is 0 Å². The van der Waals surface area contributed by atoms with Gasteiger partial charge >= 0.3 is 0 Å². The van der Waals surface area contributed by atoms with E-state index in [9.17, 15) is 4.39 Å². The molecule has 1 aliphatic heterocycles. The maximum absolute atomic E-state index is 13.1. The molecule has 0 radical (unpaired) electrons. The zero-order valence-electron chi connectivity index (χ0n) is 10.5. The zero-order valence-corrected chi connectivity index (χ0v) is 10.5. The van der Waals surface area contributed by atoms with Crippen molar-refractivity contribution in [3.63, 3.8) is 0 Å². The molecule has 0 aromatic heterocycles. The molecule has 2 rings (SSSR count). The Hall–Kier alpha value is -0.930. The second-order valence-corrected chi connectivity index (χ2v) is 4.87. The van der Waals surface area contributed by atoms with E-state index in [1.807, 2.05) is 12.1 Å². The maximum atomic E-state index is 13.1. The molecule has 1 aromatic carbocycles. The minimum atomic E-state index is -0.131. The Morgan fingerprint density at radius 1 is 1.47 bits per heavy atom. The van der Waals surface area contributed by atoms with Crippen molar-refractivity contribution in [3.05, 3.63) is 35.1 Å². The molecule has 0 amide bonds. The lowest BCUT2D eigenvalue weighted by atomic mass is 10.0. The van der Waals surface area contributed by atoms with Crippen molar-refractivity contribution in [3.8, 4) is 0 Å². The molecule has 3 heteroatoms. The Balaban J connectivity index is 1.86. The van der Waals surface area contributed by atoms with Crippen LogP contribution in [0.3, 0.4) is 0 Å². The van der Waals surface area contributed by atoms with Crippen molar-refractivity contribution < 1.29 is 9.13 Å². The SMILES string of the molecule is Cc1cc(CNC2CCOC(C)C2)ccc1F. The van der Waals surface area contributed by atoms with Gasteiger partial charge in [0, 0.05) is 19.2 Å². The summed E-state index contributed by atoms with van der Waals surface area (Å²) >= 11 is 0. The molecule has 2 nitrogen and oxygen atoms in total. The largest absolute Gasteiger partial charge is 0.378 e. The van der Waals surface area contributed by atoms with E-state index >= 15 is 0 Å². The Morgan fingerprint density at radius 3 is 3.00 bits per heavy atom. The van der Waals surface area contributed by atoms with Gasteiger partial charge in [-0.1, -0.05) is 12.1 Å². The molecule has 1 aromatic rings. The van der Waals surface area contributed by atoms with Gasteiger partial charge in [0.15, 0.2) is 0 Å². The number of ether oxygens (including phenoxy) is 1. The fraction of sp³-hybridized carbons (Fsp3) is 0.571. The number of nitrogens with one attached hydrogen (secondary N) is 1. The molecule has 1 N–H and O–H groups in total. The fourth-order valence-electron chi connectivity index (χ4n) is 2.26. The summed E-state index contributed by atoms with van der Waals surface area (Å²) in [7, 11) is 0. The number of benzene rings is 1. The first-order chi connectivity index (χ1) is 8.15. The molecule has 1 aliphatic rings. The molecule has 1 heterocycles. The van der Waals surface area contributed by atoms with Crippen LogP contribution in [0.1, 0.15) is 30.9 Å². The van der Waals surface area contributed by atoms with E-state index in [2.05, 4.69) is 12.2 Å². The highest BCUT2D eigenvalue weighted by Crippen LogP contribution is 2.14. The third kappa shape index (κ3) is 3.51. The van der Waals surface area contributed by atoms with Gasteiger partial charge in [0.2, 0.25) is 0 Å². The smallest absolute Gasteiger partial charge is 0.126 e. The predicted octanol–water partition coefficient (Wildman–Crippen LogP) is 2.79. The number of halogens is 1. The molecule has 2 atom stereocenters. The molecule has 17 heavy (non-hydrogen) atoms. The van der Waals surface area contributed by atoms with Crippen LogP contribution >= 0.6 is 0 Å². The standard InChI is InChI=1S/C14H20FNO/c1-10-7-12(3-4-14(10)15)9-16-13-5-6-17-11(2)8-13/h3-4,7,11,13,16H,5-6,8-9H2,1-2H3. The summed E-state index contributed by atoms with van der Waals surface area (Å²) in [6.45, 7) is 5.55. The molecule has 0 spiro atoms. The quantitative estimate of drug-likeness (QED) is 0.872. The Morgan fingerprint density at radius 2 is 2.29 bits per heavy atom. The maximum Gasteiger partial charge on any atom is 0.126 e. The van der Waals surface area contributed by atoms with Crippen LogP contribution in [0.2, 0.25) is 0 Å². The minimum absolute atomic E-state index is 0.131. The second kappa shape index (κ2) is 5.61. The van der Waals surface area contributed by atoms with Crippen LogP contribution in [0, 0.1) is 12.7 Å². The van der Waals surface area contributed by atoms with E-state index in [0.29, 0.717) is 17.7 Å². The first-order valence-corrected chi connectivity index (χ1v) is 6.25. The summed E-state index contributed by atoms with van der Waals surface area (Å²) in [4.78, 5) is 0. The summed E-state index contributed by atoms with van der Waals surface area (Å²) in [5.74, 6) is -0.131. The van der Waals surface area contributed by atoms with Gasteiger partial charge in [-0.15, -0.1) is 0 Å². The Labute approximate surface area is 102 Å². The van der Waals surface area contributed by atoms with Crippen LogP contribution in [-0.2, 0) is 11.3 Å². The van der Waals surface area contributed by atoms with Gasteiger partial charge in [-0.25, -0.2) is 4.39 Å². The highest BCUT2D eigenvalue weighted by molar-refractivity contribution is 5.23. The van der Waals surface area contributed by atoms with Gasteiger partial charge in [-0.2, -0.15) is 0 Å². The molecule has 1 saturated heterocycles. The van der Waals surface area contributed by atoms with Gasteiger partial charge in [-0.05, 0) is 43.9 Å². The van der Waals surface area contributed by atoms with Gasteiger partial charge in [-0.3, -0.25) is 0 Å². The van der Waals surface area contributed by atoms with Gasteiger partial charge in [0.1, 0.15) is 5.82 Å². The molecular formula is C14H20FNO. The van der Waals surface area contributed by atoms with Gasteiger partial charge in [0.25, 0.3) is 0 Å². The third-order valence-corrected chi connectivity index (χ3v) is 3.30. The average Bonchev–Trinajstić information content (AvgIpc) is 2.31. The topological polar surface area (TPSA) is 21.3 Å². The highest BCUT2D eigenvalue weighted by atomic mass is 19.1. The molecule has 1 fully saturated rings. The van der Waals surface area contributed by atoms with Crippen LogP contribution in [0.4, 0.5) is 4.39 Å². The predicted molar refractivity (Wildman–Crippen MR) is 66.4 cm³/mol. The van der Waals surface area contributed by atoms with E-state index in [-0.39, 0.29) is 5.82 Å². The molecule has 0 bridgehead atoms. The highest BCUT2D eigenvalue weighted by Gasteiger charge is 2.18. The minimum Gasteiger partial charge on any atom is -0.378 e. The van der Waals surface area contributed by atoms with Gasteiger partial charge in [0.05, 0.1) is 6.10 Å². The van der Waals surface area contributed by atoms with Crippen molar-refractivity contribution in [2.75, 3.05) is 6.61 Å². The third-order valence-electron chi connectivity index (χ3n) is 3.30.